The first kappa shape index (κ1) is 10.9. The predicted molar refractivity (Wildman–Crippen MR) is 56.7 cm³/mol. The number of amides is 1. The molecule has 1 amide bonds. The molecule has 1 heterocycles. The third kappa shape index (κ3) is 2.33. The molecule has 1 aliphatic heterocycles. The molecule has 2 rings (SSSR count). The molecule has 1 aliphatic carbocycles. The van der Waals surface area contributed by atoms with Gasteiger partial charge >= 0.3 is 0 Å². The molecule has 1 saturated heterocycles. The van der Waals surface area contributed by atoms with Gasteiger partial charge in [-0.3, -0.25) is 4.79 Å². The van der Waals surface area contributed by atoms with Crippen LogP contribution >= 0.6 is 0 Å². The number of nitrogens with zero attached hydrogens (tertiary/aromatic N) is 1. The van der Waals surface area contributed by atoms with Crippen LogP contribution in [0.3, 0.4) is 0 Å². The number of carbonyl (C=O) groups excluding carboxylic acids is 1. The van der Waals surface area contributed by atoms with Crippen LogP contribution in [0.15, 0.2) is 0 Å². The molecule has 0 unspecified atom stereocenters. The van der Waals surface area contributed by atoms with E-state index in [-0.39, 0.29) is 11.7 Å². The SMILES string of the molecule is O=C1CCCS(=O)(=O)N1CCC1CCC1. The molecule has 15 heavy (non-hydrogen) atoms. The Morgan fingerprint density at radius 2 is 2.00 bits per heavy atom. The molecule has 2 aliphatic rings. The van der Waals surface area contributed by atoms with Gasteiger partial charge < -0.3 is 0 Å². The molecule has 4 nitrogen and oxygen atoms in total. The van der Waals surface area contributed by atoms with Gasteiger partial charge in [-0.2, -0.15) is 0 Å². The van der Waals surface area contributed by atoms with E-state index in [2.05, 4.69) is 0 Å². The van der Waals surface area contributed by atoms with Crippen molar-refractivity contribution in [2.45, 2.75) is 38.5 Å². The van der Waals surface area contributed by atoms with E-state index in [0.717, 1.165) is 10.7 Å². The summed E-state index contributed by atoms with van der Waals surface area (Å²) in [5.74, 6) is 0.583. The van der Waals surface area contributed by atoms with Crippen LogP contribution in [0.25, 0.3) is 0 Å². The molecule has 1 saturated carbocycles. The lowest BCUT2D eigenvalue weighted by Gasteiger charge is -2.30. The average Bonchev–Trinajstić information content (AvgIpc) is 2.06. The van der Waals surface area contributed by atoms with E-state index in [1.54, 1.807) is 0 Å². The van der Waals surface area contributed by atoms with Gasteiger partial charge in [0, 0.05) is 13.0 Å². The van der Waals surface area contributed by atoms with E-state index in [9.17, 15) is 13.2 Å². The van der Waals surface area contributed by atoms with Crippen molar-refractivity contribution < 1.29 is 13.2 Å². The van der Waals surface area contributed by atoms with E-state index in [4.69, 9.17) is 0 Å². The third-order valence-electron chi connectivity index (χ3n) is 3.37. The summed E-state index contributed by atoms with van der Waals surface area (Å²) in [4.78, 5) is 11.5. The third-order valence-corrected chi connectivity index (χ3v) is 5.23. The highest BCUT2D eigenvalue weighted by molar-refractivity contribution is 7.89. The van der Waals surface area contributed by atoms with Gasteiger partial charge in [-0.1, -0.05) is 19.3 Å². The number of sulfonamides is 1. The minimum atomic E-state index is -3.27. The van der Waals surface area contributed by atoms with Crippen molar-refractivity contribution in [2.24, 2.45) is 5.92 Å². The van der Waals surface area contributed by atoms with Crippen molar-refractivity contribution in [3.63, 3.8) is 0 Å². The van der Waals surface area contributed by atoms with Crippen LogP contribution in [0.4, 0.5) is 0 Å². The monoisotopic (exact) mass is 231 g/mol. The lowest BCUT2D eigenvalue weighted by molar-refractivity contribution is -0.127. The highest BCUT2D eigenvalue weighted by Gasteiger charge is 2.32. The second-order valence-electron chi connectivity index (χ2n) is 4.47. The minimum absolute atomic E-state index is 0.142. The maximum absolute atomic E-state index is 11.6. The highest BCUT2D eigenvalue weighted by Crippen LogP contribution is 2.30. The van der Waals surface area contributed by atoms with Crippen LogP contribution in [0.2, 0.25) is 0 Å². The fourth-order valence-corrected chi connectivity index (χ4v) is 3.66. The zero-order valence-corrected chi connectivity index (χ0v) is 9.63. The second-order valence-corrected chi connectivity index (χ2v) is 6.48. The fourth-order valence-electron chi connectivity index (χ4n) is 2.14. The molecule has 5 heteroatoms. The van der Waals surface area contributed by atoms with Gasteiger partial charge in [-0.15, -0.1) is 0 Å². The molecular weight excluding hydrogens is 214 g/mol. The molecular formula is C10H17NO3S. The number of rotatable bonds is 3. The summed E-state index contributed by atoms with van der Waals surface area (Å²) in [6.07, 6.45) is 5.38. The topological polar surface area (TPSA) is 54.5 Å². The van der Waals surface area contributed by atoms with E-state index >= 15 is 0 Å². The van der Waals surface area contributed by atoms with Crippen molar-refractivity contribution in [1.29, 1.82) is 0 Å². The summed E-state index contributed by atoms with van der Waals surface area (Å²) >= 11 is 0. The molecule has 0 aromatic rings. The highest BCUT2D eigenvalue weighted by atomic mass is 32.2. The Bertz CT molecular complexity index is 346. The second kappa shape index (κ2) is 4.12. The minimum Gasteiger partial charge on any atom is -0.274 e. The van der Waals surface area contributed by atoms with Gasteiger partial charge in [0.2, 0.25) is 15.9 Å². The van der Waals surface area contributed by atoms with E-state index in [0.29, 0.717) is 25.3 Å². The van der Waals surface area contributed by atoms with Crippen LogP contribution in [0, 0.1) is 5.92 Å². The first-order chi connectivity index (χ1) is 7.09. The van der Waals surface area contributed by atoms with Crippen LogP contribution in [0.5, 0.6) is 0 Å². The van der Waals surface area contributed by atoms with Gasteiger partial charge in [-0.05, 0) is 18.8 Å². The zero-order chi connectivity index (χ0) is 10.9. The maximum Gasteiger partial charge on any atom is 0.237 e. The van der Waals surface area contributed by atoms with E-state index < -0.39 is 10.0 Å². The Kier molecular flexibility index (Phi) is 3.00. The lowest BCUT2D eigenvalue weighted by atomic mass is 9.83. The Hall–Kier alpha value is -0.580. The number of hydrogen-bond acceptors (Lipinski definition) is 3. The summed E-state index contributed by atoms with van der Waals surface area (Å²) in [7, 11) is -3.27. The summed E-state index contributed by atoms with van der Waals surface area (Å²) in [5.41, 5.74) is 0. The summed E-state index contributed by atoms with van der Waals surface area (Å²) in [6, 6.07) is 0. The summed E-state index contributed by atoms with van der Waals surface area (Å²) < 4.78 is 24.3. The Balaban J connectivity index is 1.94. The van der Waals surface area contributed by atoms with Crippen LogP contribution < -0.4 is 0 Å². The van der Waals surface area contributed by atoms with Gasteiger partial charge in [0.15, 0.2) is 0 Å². The maximum atomic E-state index is 11.6. The van der Waals surface area contributed by atoms with Crippen molar-refractivity contribution in [3.8, 4) is 0 Å². The van der Waals surface area contributed by atoms with Crippen molar-refractivity contribution in [3.05, 3.63) is 0 Å². The molecule has 86 valence electrons. The molecule has 0 atom stereocenters. The molecule has 0 bridgehead atoms. The normalized spacial score (nSPS) is 26.4. The first-order valence-electron chi connectivity index (χ1n) is 5.63. The molecule has 0 aromatic heterocycles. The molecule has 0 spiro atoms. The molecule has 0 aromatic carbocycles. The van der Waals surface area contributed by atoms with E-state index in [1.165, 1.54) is 19.3 Å². The van der Waals surface area contributed by atoms with Crippen molar-refractivity contribution in [1.82, 2.24) is 4.31 Å². The van der Waals surface area contributed by atoms with Gasteiger partial charge in [0.1, 0.15) is 0 Å². The molecule has 0 radical (unpaired) electrons. The van der Waals surface area contributed by atoms with Crippen molar-refractivity contribution >= 4 is 15.9 Å². The Morgan fingerprint density at radius 1 is 1.27 bits per heavy atom. The quantitative estimate of drug-likeness (QED) is 0.731. The largest absolute Gasteiger partial charge is 0.274 e. The zero-order valence-electron chi connectivity index (χ0n) is 8.81. The van der Waals surface area contributed by atoms with Crippen LogP contribution in [-0.4, -0.2) is 30.9 Å². The van der Waals surface area contributed by atoms with Gasteiger partial charge in [0.05, 0.1) is 5.75 Å². The van der Waals surface area contributed by atoms with Crippen LogP contribution in [0.1, 0.15) is 38.5 Å². The van der Waals surface area contributed by atoms with Crippen LogP contribution in [-0.2, 0) is 14.8 Å². The average molecular weight is 231 g/mol. The lowest BCUT2D eigenvalue weighted by Crippen LogP contribution is -2.43. The summed E-state index contributed by atoms with van der Waals surface area (Å²) in [5, 5.41) is 0. The number of carbonyl (C=O) groups is 1. The molecule has 2 fully saturated rings. The smallest absolute Gasteiger partial charge is 0.237 e. The molecule has 0 N–H and O–H groups in total. The fraction of sp³-hybridized carbons (Fsp3) is 0.900. The standard InChI is InChI=1S/C10H17NO3S/c12-10-5-2-8-15(13,14)11(10)7-6-9-3-1-4-9/h9H,1-8H2. The predicted octanol–water partition coefficient (Wildman–Crippen LogP) is 1.13. The van der Waals surface area contributed by atoms with Gasteiger partial charge in [0.25, 0.3) is 0 Å². The summed E-state index contributed by atoms with van der Waals surface area (Å²) in [6.45, 7) is 0.409. The number of hydrogen-bond donors (Lipinski definition) is 0. The Labute approximate surface area is 90.7 Å². The van der Waals surface area contributed by atoms with Gasteiger partial charge in [-0.25, -0.2) is 12.7 Å². The Morgan fingerprint density at radius 3 is 2.53 bits per heavy atom. The van der Waals surface area contributed by atoms with Crippen molar-refractivity contribution in [2.75, 3.05) is 12.3 Å². The van der Waals surface area contributed by atoms with E-state index in [1.807, 2.05) is 0 Å². The first-order valence-corrected chi connectivity index (χ1v) is 7.24.